The first kappa shape index (κ1) is 10.3. The first-order chi connectivity index (χ1) is 6.91. The number of hydrogen-bond acceptors (Lipinski definition) is 0. The van der Waals surface area contributed by atoms with Crippen molar-refractivity contribution in [3.8, 4) is 0 Å². The van der Waals surface area contributed by atoms with Crippen molar-refractivity contribution in [2.45, 2.75) is 33.1 Å². The molecule has 0 aliphatic rings. The van der Waals surface area contributed by atoms with Crippen LogP contribution in [0.4, 0.5) is 0 Å². The number of benzene rings is 1. The highest BCUT2D eigenvalue weighted by Gasteiger charge is 2.18. The maximum absolute atomic E-state index is 2.27. The van der Waals surface area contributed by atoms with Crippen molar-refractivity contribution >= 4 is 10.9 Å². The molecule has 0 radical (unpaired) electrons. The lowest BCUT2D eigenvalue weighted by Crippen LogP contribution is -2.11. The van der Waals surface area contributed by atoms with E-state index in [2.05, 4.69) is 63.7 Å². The fraction of sp³-hybridized carbons (Fsp3) is 0.429. The van der Waals surface area contributed by atoms with Gasteiger partial charge in [0.1, 0.15) is 0 Å². The molecule has 1 nitrogen and oxygen atoms in total. The largest absolute Gasteiger partial charge is 0.350 e. The van der Waals surface area contributed by atoms with Crippen LogP contribution < -0.4 is 0 Å². The number of hydrogen-bond donors (Lipinski definition) is 0. The van der Waals surface area contributed by atoms with Crippen molar-refractivity contribution in [3.05, 3.63) is 35.5 Å². The summed E-state index contributed by atoms with van der Waals surface area (Å²) in [5, 5.41) is 1.42. The van der Waals surface area contributed by atoms with E-state index in [-0.39, 0.29) is 5.41 Å². The molecule has 0 N–H and O–H groups in total. The molecule has 0 saturated heterocycles. The van der Waals surface area contributed by atoms with Crippen LogP contribution in [0.3, 0.4) is 0 Å². The minimum absolute atomic E-state index is 0.214. The van der Waals surface area contributed by atoms with Crippen LogP contribution in [-0.2, 0) is 12.5 Å². The third-order valence-corrected chi connectivity index (χ3v) is 3.01. The first-order valence-electron chi connectivity index (χ1n) is 5.46. The molecule has 0 aliphatic carbocycles. The van der Waals surface area contributed by atoms with E-state index in [4.69, 9.17) is 0 Å². The van der Waals surface area contributed by atoms with Crippen LogP contribution >= 0.6 is 0 Å². The van der Waals surface area contributed by atoms with Crippen molar-refractivity contribution in [2.24, 2.45) is 7.05 Å². The molecule has 0 aliphatic heterocycles. The van der Waals surface area contributed by atoms with Crippen molar-refractivity contribution < 1.29 is 0 Å². The van der Waals surface area contributed by atoms with Gasteiger partial charge in [0.2, 0.25) is 0 Å². The SMILES string of the molecule is Cc1cn(C)c2cccc(C(C)(C)C)c12. The number of fused-ring (bicyclic) bond motifs is 1. The first-order valence-corrected chi connectivity index (χ1v) is 5.46. The van der Waals surface area contributed by atoms with Gasteiger partial charge in [-0.05, 0) is 29.5 Å². The third kappa shape index (κ3) is 1.56. The molecule has 1 aromatic heterocycles. The van der Waals surface area contributed by atoms with Gasteiger partial charge in [0.25, 0.3) is 0 Å². The Morgan fingerprint density at radius 2 is 1.80 bits per heavy atom. The fourth-order valence-electron chi connectivity index (χ4n) is 2.30. The smallest absolute Gasteiger partial charge is 0.0483 e. The molecule has 0 amide bonds. The van der Waals surface area contributed by atoms with E-state index in [1.54, 1.807) is 0 Å². The summed E-state index contributed by atoms with van der Waals surface area (Å²) in [7, 11) is 2.11. The Labute approximate surface area is 91.7 Å². The molecule has 0 spiro atoms. The molecule has 1 heterocycles. The molecular weight excluding hydrogens is 182 g/mol. The highest BCUT2D eigenvalue weighted by molar-refractivity contribution is 5.88. The van der Waals surface area contributed by atoms with Crippen LogP contribution in [0.5, 0.6) is 0 Å². The van der Waals surface area contributed by atoms with Crippen LogP contribution in [0.15, 0.2) is 24.4 Å². The zero-order valence-corrected chi connectivity index (χ0v) is 10.3. The lowest BCUT2D eigenvalue weighted by molar-refractivity contribution is 0.595. The summed E-state index contributed by atoms with van der Waals surface area (Å²) in [5.41, 5.74) is 4.36. The summed E-state index contributed by atoms with van der Waals surface area (Å²) in [4.78, 5) is 0. The third-order valence-electron chi connectivity index (χ3n) is 3.01. The van der Waals surface area contributed by atoms with Gasteiger partial charge < -0.3 is 4.57 Å². The molecule has 0 bridgehead atoms. The van der Waals surface area contributed by atoms with Gasteiger partial charge in [0, 0.05) is 24.1 Å². The second-order valence-electron chi connectivity index (χ2n) is 5.37. The Morgan fingerprint density at radius 3 is 2.40 bits per heavy atom. The lowest BCUT2D eigenvalue weighted by Gasteiger charge is -2.20. The minimum Gasteiger partial charge on any atom is -0.350 e. The molecule has 80 valence electrons. The van der Waals surface area contributed by atoms with E-state index in [0.717, 1.165) is 0 Å². The zero-order chi connectivity index (χ0) is 11.2. The molecular formula is C14H19N. The molecule has 0 saturated carbocycles. The molecule has 0 unspecified atom stereocenters. The van der Waals surface area contributed by atoms with Gasteiger partial charge >= 0.3 is 0 Å². The number of aryl methyl sites for hydroxylation is 2. The number of aromatic nitrogens is 1. The van der Waals surface area contributed by atoms with E-state index in [0.29, 0.717) is 0 Å². The average molecular weight is 201 g/mol. The monoisotopic (exact) mass is 201 g/mol. The second kappa shape index (κ2) is 3.13. The normalized spacial score (nSPS) is 12.3. The van der Waals surface area contributed by atoms with Gasteiger partial charge in [-0.2, -0.15) is 0 Å². The topological polar surface area (TPSA) is 4.93 Å². The van der Waals surface area contributed by atoms with Gasteiger partial charge in [-0.1, -0.05) is 32.9 Å². The Morgan fingerprint density at radius 1 is 1.13 bits per heavy atom. The standard InChI is InChI=1S/C14H19N/c1-10-9-15(5)12-8-6-7-11(13(10)12)14(2,3)4/h6-9H,1-5H3. The predicted molar refractivity (Wildman–Crippen MR) is 66.4 cm³/mol. The van der Waals surface area contributed by atoms with Gasteiger partial charge in [0.15, 0.2) is 0 Å². The Bertz CT molecular complexity index is 498. The van der Waals surface area contributed by atoms with Crippen LogP contribution in [0, 0.1) is 6.92 Å². The maximum Gasteiger partial charge on any atom is 0.0483 e. The summed E-state index contributed by atoms with van der Waals surface area (Å²) in [5.74, 6) is 0. The van der Waals surface area contributed by atoms with Crippen molar-refractivity contribution in [1.82, 2.24) is 4.57 Å². The fourth-order valence-corrected chi connectivity index (χ4v) is 2.30. The summed E-state index contributed by atoms with van der Waals surface area (Å²) in [6, 6.07) is 6.59. The van der Waals surface area contributed by atoms with Crippen LogP contribution in [-0.4, -0.2) is 4.57 Å². The summed E-state index contributed by atoms with van der Waals surface area (Å²) < 4.78 is 2.21. The van der Waals surface area contributed by atoms with Crippen molar-refractivity contribution in [1.29, 1.82) is 0 Å². The zero-order valence-electron chi connectivity index (χ0n) is 10.3. The van der Waals surface area contributed by atoms with Crippen molar-refractivity contribution in [3.63, 3.8) is 0 Å². The van der Waals surface area contributed by atoms with Gasteiger partial charge in [0.05, 0.1) is 0 Å². The Kier molecular flexibility index (Phi) is 2.14. The second-order valence-corrected chi connectivity index (χ2v) is 5.37. The molecule has 2 rings (SSSR count). The van der Waals surface area contributed by atoms with Crippen molar-refractivity contribution in [2.75, 3.05) is 0 Å². The molecule has 1 aromatic carbocycles. The Hall–Kier alpha value is -1.24. The number of nitrogens with zero attached hydrogens (tertiary/aromatic N) is 1. The van der Waals surface area contributed by atoms with E-state index < -0.39 is 0 Å². The van der Waals surface area contributed by atoms with E-state index >= 15 is 0 Å². The molecule has 0 fully saturated rings. The van der Waals surface area contributed by atoms with Gasteiger partial charge in [-0.3, -0.25) is 0 Å². The molecule has 0 atom stereocenters. The maximum atomic E-state index is 2.27. The molecule has 2 aromatic rings. The van der Waals surface area contributed by atoms with Crippen LogP contribution in [0.1, 0.15) is 31.9 Å². The van der Waals surface area contributed by atoms with Gasteiger partial charge in [-0.25, -0.2) is 0 Å². The number of rotatable bonds is 0. The predicted octanol–water partition coefficient (Wildman–Crippen LogP) is 3.78. The van der Waals surface area contributed by atoms with Crippen LogP contribution in [0.2, 0.25) is 0 Å². The molecule has 15 heavy (non-hydrogen) atoms. The average Bonchev–Trinajstić information content (AvgIpc) is 2.41. The summed E-state index contributed by atoms with van der Waals surface area (Å²) in [6.45, 7) is 9.01. The summed E-state index contributed by atoms with van der Waals surface area (Å²) in [6.07, 6.45) is 2.21. The molecule has 1 heteroatoms. The highest BCUT2D eigenvalue weighted by Crippen LogP contribution is 2.32. The van der Waals surface area contributed by atoms with E-state index in [1.807, 2.05) is 0 Å². The minimum atomic E-state index is 0.214. The van der Waals surface area contributed by atoms with E-state index in [1.165, 1.54) is 22.0 Å². The van der Waals surface area contributed by atoms with Gasteiger partial charge in [-0.15, -0.1) is 0 Å². The van der Waals surface area contributed by atoms with E-state index in [9.17, 15) is 0 Å². The van der Waals surface area contributed by atoms with Crippen LogP contribution in [0.25, 0.3) is 10.9 Å². The quantitative estimate of drug-likeness (QED) is 0.611. The lowest BCUT2D eigenvalue weighted by atomic mass is 9.84. The highest BCUT2D eigenvalue weighted by atomic mass is 14.9. The summed E-state index contributed by atoms with van der Waals surface area (Å²) >= 11 is 0. The Balaban J connectivity index is 2.87.